The van der Waals surface area contributed by atoms with Crippen molar-refractivity contribution in [1.29, 1.82) is 5.26 Å². The van der Waals surface area contributed by atoms with Crippen molar-refractivity contribution >= 4 is 49.9 Å². The van der Waals surface area contributed by atoms with Crippen molar-refractivity contribution in [3.05, 3.63) is 88.0 Å². The van der Waals surface area contributed by atoms with Gasteiger partial charge < -0.3 is 5.32 Å². The molecule has 0 aliphatic heterocycles. The molecule has 0 radical (unpaired) electrons. The maximum atomic E-state index is 13.2. The summed E-state index contributed by atoms with van der Waals surface area (Å²) in [7, 11) is -3.93. The number of hydrogen-bond donors (Lipinski definition) is 1. The molecule has 0 aliphatic carbocycles. The first-order chi connectivity index (χ1) is 14.4. The molecule has 152 valence electrons. The van der Waals surface area contributed by atoms with Gasteiger partial charge in [-0.1, -0.05) is 30.3 Å². The van der Waals surface area contributed by atoms with Gasteiger partial charge in [0.05, 0.1) is 23.1 Å². The average molecular weight is 531 g/mol. The number of sulfonamides is 1. The van der Waals surface area contributed by atoms with Crippen molar-refractivity contribution in [3.63, 3.8) is 0 Å². The zero-order valence-electron chi connectivity index (χ0n) is 15.8. The lowest BCUT2D eigenvalue weighted by molar-refractivity contribution is -0.114. The summed E-state index contributed by atoms with van der Waals surface area (Å²) in [5, 5.41) is 11.5. The largest absolute Gasteiger partial charge is 0.325 e. The maximum absolute atomic E-state index is 13.2. The van der Waals surface area contributed by atoms with Crippen molar-refractivity contribution in [2.75, 3.05) is 16.2 Å². The lowest BCUT2D eigenvalue weighted by Gasteiger charge is -2.24. The van der Waals surface area contributed by atoms with Crippen LogP contribution in [-0.2, 0) is 21.2 Å². The highest BCUT2D eigenvalue weighted by atomic mass is 127. The fraction of sp³-hybridized carbons (Fsp3) is 0.0909. The highest BCUT2D eigenvalue weighted by molar-refractivity contribution is 14.1. The fourth-order valence-electron chi connectivity index (χ4n) is 2.77. The number of nitrogens with zero attached hydrogens (tertiary/aromatic N) is 2. The first-order valence-electron chi connectivity index (χ1n) is 8.99. The molecule has 0 saturated heterocycles. The van der Waals surface area contributed by atoms with E-state index in [1.165, 1.54) is 12.1 Å². The molecule has 0 aliphatic rings. The maximum Gasteiger partial charge on any atom is 0.264 e. The number of nitriles is 1. The van der Waals surface area contributed by atoms with Crippen LogP contribution in [0.4, 0.5) is 11.4 Å². The normalized spacial score (nSPS) is 10.8. The highest BCUT2D eigenvalue weighted by Gasteiger charge is 2.27. The number of halogens is 1. The molecule has 6 nitrogen and oxygen atoms in total. The zero-order chi connectivity index (χ0) is 21.6. The van der Waals surface area contributed by atoms with E-state index < -0.39 is 15.9 Å². The number of anilines is 2. The number of hydrogen-bond acceptors (Lipinski definition) is 4. The lowest BCUT2D eigenvalue weighted by Crippen LogP contribution is -2.38. The number of benzene rings is 3. The molecule has 30 heavy (non-hydrogen) atoms. The van der Waals surface area contributed by atoms with E-state index in [4.69, 9.17) is 5.26 Å². The number of amides is 1. The molecule has 0 fully saturated rings. The highest BCUT2D eigenvalue weighted by Crippen LogP contribution is 2.24. The Kier molecular flexibility index (Phi) is 7.07. The van der Waals surface area contributed by atoms with E-state index in [0.717, 1.165) is 13.4 Å². The quantitative estimate of drug-likeness (QED) is 0.463. The van der Waals surface area contributed by atoms with Crippen LogP contribution in [0, 0.1) is 14.9 Å². The standard InChI is InChI=1S/C22H18IN3O3S/c23-18-8-12-20(13-9-18)26(30(28,29)21-4-2-1-3-5-21)16-22(27)25-19-10-6-17(7-11-19)14-15-24/h1-13H,14,16H2,(H,25,27). The third-order valence-corrected chi connectivity index (χ3v) is 6.76. The van der Waals surface area contributed by atoms with Crippen LogP contribution in [0.3, 0.4) is 0 Å². The molecule has 0 aromatic heterocycles. The fourth-order valence-corrected chi connectivity index (χ4v) is 4.57. The Morgan fingerprint density at radius 1 is 0.967 bits per heavy atom. The molecular formula is C22H18IN3O3S. The Morgan fingerprint density at radius 3 is 2.20 bits per heavy atom. The van der Waals surface area contributed by atoms with Crippen molar-refractivity contribution < 1.29 is 13.2 Å². The monoisotopic (exact) mass is 531 g/mol. The molecule has 1 N–H and O–H groups in total. The lowest BCUT2D eigenvalue weighted by atomic mass is 10.1. The summed E-state index contributed by atoms with van der Waals surface area (Å²) in [5.74, 6) is -0.471. The second kappa shape index (κ2) is 9.73. The minimum atomic E-state index is -3.93. The van der Waals surface area contributed by atoms with Gasteiger partial charge >= 0.3 is 0 Å². The van der Waals surface area contributed by atoms with E-state index in [-0.39, 0.29) is 17.9 Å². The molecule has 3 rings (SSSR count). The van der Waals surface area contributed by atoms with Crippen molar-refractivity contribution in [2.24, 2.45) is 0 Å². The van der Waals surface area contributed by atoms with E-state index >= 15 is 0 Å². The van der Waals surface area contributed by atoms with Gasteiger partial charge in [0.2, 0.25) is 5.91 Å². The third kappa shape index (κ3) is 5.37. The molecule has 0 spiro atoms. The Hall–Kier alpha value is -2.90. The summed E-state index contributed by atoms with van der Waals surface area (Å²) in [5.41, 5.74) is 1.77. The Balaban J connectivity index is 1.86. The Labute approximate surface area is 189 Å². The van der Waals surface area contributed by atoms with Crippen LogP contribution < -0.4 is 9.62 Å². The van der Waals surface area contributed by atoms with Gasteiger partial charge in [0.25, 0.3) is 10.0 Å². The second-order valence-electron chi connectivity index (χ2n) is 6.38. The van der Waals surface area contributed by atoms with E-state index in [1.54, 1.807) is 66.7 Å². The number of nitrogens with one attached hydrogen (secondary N) is 1. The summed E-state index contributed by atoms with van der Waals surface area (Å²) in [6, 6.07) is 23.9. The number of carbonyl (C=O) groups excluding carboxylic acids is 1. The first-order valence-corrected chi connectivity index (χ1v) is 11.5. The van der Waals surface area contributed by atoms with E-state index in [9.17, 15) is 13.2 Å². The predicted molar refractivity (Wildman–Crippen MR) is 125 cm³/mol. The molecule has 8 heteroatoms. The summed E-state index contributed by atoms with van der Waals surface area (Å²) < 4.78 is 28.5. The molecule has 0 heterocycles. The summed E-state index contributed by atoms with van der Waals surface area (Å²) >= 11 is 2.13. The van der Waals surface area contributed by atoms with Gasteiger partial charge in [-0.15, -0.1) is 0 Å². The summed E-state index contributed by atoms with van der Waals surface area (Å²) in [6.07, 6.45) is 0.282. The van der Waals surface area contributed by atoms with E-state index in [2.05, 4.69) is 34.0 Å². The topological polar surface area (TPSA) is 90.3 Å². The zero-order valence-corrected chi connectivity index (χ0v) is 18.8. The molecule has 0 saturated carbocycles. The van der Waals surface area contributed by atoms with Crippen LogP contribution in [0.1, 0.15) is 5.56 Å². The van der Waals surface area contributed by atoms with Gasteiger partial charge in [0.15, 0.2) is 0 Å². The predicted octanol–water partition coefficient (Wildman–Crippen LogP) is 4.19. The van der Waals surface area contributed by atoms with E-state index in [1.807, 2.05) is 0 Å². The summed E-state index contributed by atoms with van der Waals surface area (Å²) in [6.45, 7) is -0.377. The van der Waals surface area contributed by atoms with Crippen LogP contribution in [0.15, 0.2) is 83.8 Å². The average Bonchev–Trinajstić information content (AvgIpc) is 2.75. The van der Waals surface area contributed by atoms with Crippen LogP contribution in [0.25, 0.3) is 0 Å². The van der Waals surface area contributed by atoms with Gasteiger partial charge in [0.1, 0.15) is 6.54 Å². The van der Waals surface area contributed by atoms with E-state index in [0.29, 0.717) is 11.4 Å². The summed E-state index contributed by atoms with van der Waals surface area (Å²) in [4.78, 5) is 12.8. The number of rotatable bonds is 7. The van der Waals surface area contributed by atoms with Crippen molar-refractivity contribution in [1.82, 2.24) is 0 Å². The molecule has 0 bridgehead atoms. The van der Waals surface area contributed by atoms with Gasteiger partial charge in [0, 0.05) is 9.26 Å². The van der Waals surface area contributed by atoms with Crippen LogP contribution in [-0.4, -0.2) is 20.9 Å². The Morgan fingerprint density at radius 2 is 1.60 bits per heavy atom. The molecule has 1 amide bonds. The second-order valence-corrected chi connectivity index (χ2v) is 9.49. The van der Waals surface area contributed by atoms with Gasteiger partial charge in [-0.25, -0.2) is 8.42 Å². The van der Waals surface area contributed by atoms with Crippen molar-refractivity contribution in [2.45, 2.75) is 11.3 Å². The van der Waals surface area contributed by atoms with Gasteiger partial charge in [-0.2, -0.15) is 5.26 Å². The molecule has 0 unspecified atom stereocenters. The van der Waals surface area contributed by atoms with Crippen LogP contribution in [0.5, 0.6) is 0 Å². The third-order valence-electron chi connectivity index (χ3n) is 4.25. The molecule has 3 aromatic carbocycles. The molecular weight excluding hydrogens is 513 g/mol. The van der Waals surface area contributed by atoms with Crippen LogP contribution in [0.2, 0.25) is 0 Å². The Bertz CT molecular complexity index is 1160. The number of carbonyl (C=O) groups is 1. The molecule has 3 aromatic rings. The van der Waals surface area contributed by atoms with Crippen molar-refractivity contribution in [3.8, 4) is 6.07 Å². The molecule has 0 atom stereocenters. The van der Waals surface area contributed by atoms with Gasteiger partial charge in [-0.05, 0) is 76.7 Å². The SMILES string of the molecule is N#CCc1ccc(NC(=O)CN(c2ccc(I)cc2)S(=O)(=O)c2ccccc2)cc1. The van der Waals surface area contributed by atoms with Gasteiger partial charge in [-0.3, -0.25) is 9.10 Å². The smallest absolute Gasteiger partial charge is 0.264 e. The van der Waals surface area contributed by atoms with Crippen LogP contribution >= 0.6 is 22.6 Å². The first kappa shape index (κ1) is 21.8. The minimum absolute atomic E-state index is 0.109. The minimum Gasteiger partial charge on any atom is -0.325 e.